The molecule has 0 saturated carbocycles. The van der Waals surface area contributed by atoms with Gasteiger partial charge in [0.1, 0.15) is 0 Å². The molecule has 0 spiro atoms. The van der Waals surface area contributed by atoms with E-state index in [1.165, 1.54) is 22.7 Å². The number of nitrogens with two attached hydrogens (primary N) is 1. The number of thiophene rings is 1. The first-order valence-corrected chi connectivity index (χ1v) is 9.04. The fraction of sp³-hybridized carbons (Fsp3) is 0.273. The third-order valence-corrected chi connectivity index (χ3v) is 6.43. The molecule has 1 amide bonds. The number of primary amides is 1. The Morgan fingerprint density at radius 2 is 2.30 bits per heavy atom. The minimum absolute atomic E-state index is 0.0386. The maximum Gasteiger partial charge on any atom is 0.258 e. The Morgan fingerprint density at radius 3 is 2.90 bits per heavy atom. The summed E-state index contributed by atoms with van der Waals surface area (Å²) in [5.74, 6) is -0.380. The van der Waals surface area contributed by atoms with Crippen molar-refractivity contribution in [1.82, 2.24) is 4.98 Å². The van der Waals surface area contributed by atoms with Gasteiger partial charge in [-0.1, -0.05) is 0 Å². The number of aliphatic hydroxyl groups is 1. The molecule has 5 nitrogen and oxygen atoms in total. The quantitative estimate of drug-likeness (QED) is 0.775. The van der Waals surface area contributed by atoms with Crippen molar-refractivity contribution < 1.29 is 14.1 Å². The summed E-state index contributed by atoms with van der Waals surface area (Å²) in [6.07, 6.45) is -0.812. The van der Waals surface area contributed by atoms with Crippen molar-refractivity contribution in [2.75, 3.05) is 11.6 Å². The molecule has 2 unspecified atom stereocenters. The Morgan fingerprint density at radius 1 is 1.55 bits per heavy atom. The van der Waals surface area contributed by atoms with Crippen LogP contribution < -0.4 is 5.73 Å². The Bertz CT molecular complexity index is 640. The molecule has 2 aromatic heterocycles. The molecule has 20 heavy (non-hydrogen) atoms. The maximum atomic E-state index is 11.9. The van der Waals surface area contributed by atoms with E-state index in [1.54, 1.807) is 17.5 Å². The number of alkyl halides is 1. The Kier molecular flexibility index (Phi) is 5.28. The van der Waals surface area contributed by atoms with E-state index < -0.39 is 22.8 Å². The van der Waals surface area contributed by atoms with Crippen molar-refractivity contribution in [3.8, 4) is 10.6 Å². The molecule has 0 fully saturated rings. The van der Waals surface area contributed by atoms with E-state index in [1.807, 2.05) is 0 Å². The van der Waals surface area contributed by atoms with Crippen LogP contribution in [-0.2, 0) is 10.8 Å². The van der Waals surface area contributed by atoms with Gasteiger partial charge in [0.15, 0.2) is 4.34 Å². The molecule has 2 rings (SSSR count). The highest BCUT2D eigenvalue weighted by atomic mass is 35.5. The second-order valence-electron chi connectivity index (χ2n) is 3.85. The summed E-state index contributed by atoms with van der Waals surface area (Å²) in [5, 5.41) is 11.1. The van der Waals surface area contributed by atoms with Gasteiger partial charge in [-0.05, 0) is 12.1 Å². The van der Waals surface area contributed by atoms with Crippen LogP contribution >= 0.6 is 34.3 Å². The largest absolute Gasteiger partial charge is 0.391 e. The number of carbonyl (C=O) groups is 1. The number of hydrogen-bond acceptors (Lipinski definition) is 6. The highest BCUT2D eigenvalue weighted by Gasteiger charge is 2.16. The topological polar surface area (TPSA) is 93.3 Å². The fourth-order valence-corrected chi connectivity index (χ4v) is 4.64. The van der Waals surface area contributed by atoms with Gasteiger partial charge in [-0.3, -0.25) is 9.00 Å². The number of aliphatic hydroxyl groups excluding tert-OH is 1. The lowest BCUT2D eigenvalue weighted by Gasteiger charge is -2.03. The van der Waals surface area contributed by atoms with Crippen LogP contribution in [0.15, 0.2) is 21.9 Å². The predicted molar refractivity (Wildman–Crippen MR) is 81.9 cm³/mol. The monoisotopic (exact) mass is 350 g/mol. The van der Waals surface area contributed by atoms with Crippen molar-refractivity contribution in [2.45, 2.75) is 10.4 Å². The zero-order valence-corrected chi connectivity index (χ0v) is 13.3. The maximum absolute atomic E-state index is 11.9. The van der Waals surface area contributed by atoms with Crippen molar-refractivity contribution >= 4 is 51.0 Å². The first kappa shape index (κ1) is 15.6. The smallest absolute Gasteiger partial charge is 0.258 e. The van der Waals surface area contributed by atoms with Crippen LogP contribution in [0.5, 0.6) is 0 Å². The van der Waals surface area contributed by atoms with Gasteiger partial charge in [0, 0.05) is 11.3 Å². The van der Waals surface area contributed by atoms with Crippen molar-refractivity contribution in [1.29, 1.82) is 0 Å². The van der Waals surface area contributed by atoms with E-state index in [4.69, 9.17) is 17.3 Å². The van der Waals surface area contributed by atoms with E-state index in [2.05, 4.69) is 4.98 Å². The second kappa shape index (κ2) is 6.77. The normalized spacial score (nSPS) is 14.1. The van der Waals surface area contributed by atoms with Gasteiger partial charge < -0.3 is 10.8 Å². The van der Waals surface area contributed by atoms with Crippen LogP contribution in [0.3, 0.4) is 0 Å². The average Bonchev–Trinajstić information content (AvgIpc) is 3.06. The van der Waals surface area contributed by atoms with E-state index in [9.17, 15) is 14.1 Å². The zero-order valence-electron chi connectivity index (χ0n) is 10.1. The average molecular weight is 351 g/mol. The molecule has 3 N–H and O–H groups in total. The summed E-state index contributed by atoms with van der Waals surface area (Å²) >= 11 is 7.96. The van der Waals surface area contributed by atoms with Crippen LogP contribution in [0.1, 0.15) is 9.67 Å². The Balaban J connectivity index is 2.15. The summed E-state index contributed by atoms with van der Waals surface area (Å²) < 4.78 is 12.4. The summed E-state index contributed by atoms with van der Waals surface area (Å²) in [5.41, 5.74) is 5.84. The van der Waals surface area contributed by atoms with Crippen LogP contribution in [0.25, 0.3) is 10.6 Å². The number of nitrogens with zero attached hydrogens (tertiary/aromatic N) is 1. The molecule has 0 bridgehead atoms. The molecular weight excluding hydrogens is 340 g/mol. The molecule has 2 aromatic rings. The number of rotatable bonds is 6. The van der Waals surface area contributed by atoms with Crippen LogP contribution in [-0.4, -0.2) is 37.9 Å². The lowest BCUT2D eigenvalue weighted by Crippen LogP contribution is -2.18. The molecule has 0 aliphatic heterocycles. The SMILES string of the molecule is NC(=O)c1ccc(-c2csc(S(=O)CC(O)CCl)n2)s1. The number of aromatic nitrogens is 1. The molecule has 9 heteroatoms. The Labute approximate surface area is 130 Å². The zero-order chi connectivity index (χ0) is 14.7. The van der Waals surface area contributed by atoms with E-state index in [0.29, 0.717) is 14.9 Å². The van der Waals surface area contributed by atoms with Gasteiger partial charge in [-0.25, -0.2) is 4.98 Å². The summed E-state index contributed by atoms with van der Waals surface area (Å²) in [6, 6.07) is 3.38. The van der Waals surface area contributed by atoms with Gasteiger partial charge in [-0.2, -0.15) is 0 Å². The third-order valence-electron chi connectivity index (χ3n) is 2.30. The fourth-order valence-electron chi connectivity index (χ4n) is 1.37. The van der Waals surface area contributed by atoms with Gasteiger partial charge in [0.25, 0.3) is 5.91 Å². The first-order chi connectivity index (χ1) is 9.51. The van der Waals surface area contributed by atoms with Crippen molar-refractivity contribution in [3.05, 3.63) is 22.4 Å². The molecule has 0 aromatic carbocycles. The van der Waals surface area contributed by atoms with Gasteiger partial charge in [0.2, 0.25) is 0 Å². The highest BCUT2D eigenvalue weighted by Crippen LogP contribution is 2.30. The van der Waals surface area contributed by atoms with Gasteiger partial charge in [0.05, 0.1) is 38.1 Å². The van der Waals surface area contributed by atoms with E-state index in [0.717, 1.165) is 4.88 Å². The van der Waals surface area contributed by atoms with Crippen LogP contribution in [0.4, 0.5) is 0 Å². The lowest BCUT2D eigenvalue weighted by molar-refractivity contribution is 0.100. The predicted octanol–water partition coefficient (Wildman–Crippen LogP) is 1.68. The summed E-state index contributed by atoms with van der Waals surface area (Å²) in [7, 11) is -1.38. The van der Waals surface area contributed by atoms with Crippen molar-refractivity contribution in [2.24, 2.45) is 5.73 Å². The first-order valence-electron chi connectivity index (χ1n) is 5.49. The summed E-state index contributed by atoms with van der Waals surface area (Å²) in [4.78, 5) is 16.5. The van der Waals surface area contributed by atoms with Crippen LogP contribution in [0, 0.1) is 0 Å². The molecule has 0 radical (unpaired) electrons. The molecule has 2 heterocycles. The molecule has 108 valence electrons. The highest BCUT2D eigenvalue weighted by molar-refractivity contribution is 7.87. The minimum atomic E-state index is -1.38. The number of carbonyl (C=O) groups excluding carboxylic acids is 1. The Hall–Kier alpha value is -0.800. The third kappa shape index (κ3) is 3.64. The molecule has 0 saturated heterocycles. The number of halogens is 1. The number of thiazole rings is 1. The van der Waals surface area contributed by atoms with Gasteiger partial charge >= 0.3 is 0 Å². The summed E-state index contributed by atoms with van der Waals surface area (Å²) in [6.45, 7) is 0. The van der Waals surface area contributed by atoms with Crippen molar-refractivity contribution in [3.63, 3.8) is 0 Å². The lowest BCUT2D eigenvalue weighted by atomic mass is 10.3. The minimum Gasteiger partial charge on any atom is -0.391 e. The standard InChI is InChI=1S/C11H11ClN2O3S3/c12-3-6(15)5-20(17)11-14-7(4-18-11)8-1-2-9(19-8)10(13)16/h1-2,4,6,15H,3,5H2,(H2,13,16). The molecular formula is C11H11ClN2O3S3. The molecule has 0 aliphatic carbocycles. The van der Waals surface area contributed by atoms with E-state index >= 15 is 0 Å². The second-order valence-corrected chi connectivity index (χ2v) is 7.77. The van der Waals surface area contributed by atoms with Gasteiger partial charge in [-0.15, -0.1) is 34.3 Å². The molecule has 2 atom stereocenters. The van der Waals surface area contributed by atoms with Crippen LogP contribution in [0.2, 0.25) is 0 Å². The number of hydrogen-bond donors (Lipinski definition) is 2. The number of amides is 1. The van der Waals surface area contributed by atoms with E-state index in [-0.39, 0.29) is 11.6 Å². The molecule has 0 aliphatic rings.